The third kappa shape index (κ3) is 8.35. The number of hydrogen-bond acceptors (Lipinski definition) is 6. The Morgan fingerprint density at radius 1 is 0.635 bits per heavy atom. The van der Waals surface area contributed by atoms with Crippen molar-refractivity contribution in [3.8, 4) is 11.5 Å². The molecule has 6 aromatic carbocycles. The Bertz CT molecular complexity index is 2310. The molecule has 52 heavy (non-hydrogen) atoms. The summed E-state index contributed by atoms with van der Waals surface area (Å²) in [6.45, 7) is 0. The molecular weight excluding hydrogens is 669 g/mol. The minimum atomic E-state index is -0.563. The average Bonchev–Trinajstić information content (AvgIpc) is 3.63. The van der Waals surface area contributed by atoms with Gasteiger partial charge in [-0.3, -0.25) is 14.4 Å². The van der Waals surface area contributed by atoms with E-state index in [9.17, 15) is 14.4 Å². The van der Waals surface area contributed by atoms with E-state index in [1.54, 1.807) is 42.5 Å². The molecule has 0 aliphatic carbocycles. The SMILES string of the molecule is O=C(Nc1ccc(SC(C(=O)Nc2ccc(-c3nc4ccccc4o3)cc2)c2ccccc2)cc1)/C(=C/c1ccccc1)NC(=O)c1ccccc1. The highest BCUT2D eigenvalue weighted by atomic mass is 32.2. The van der Waals surface area contributed by atoms with Crippen LogP contribution < -0.4 is 16.0 Å². The molecule has 7 aromatic rings. The molecule has 0 aliphatic rings. The minimum absolute atomic E-state index is 0.0983. The molecule has 3 amide bonds. The maximum Gasteiger partial charge on any atom is 0.272 e. The third-order valence-electron chi connectivity index (χ3n) is 8.04. The second kappa shape index (κ2) is 15.9. The number of nitrogens with zero attached hydrogens (tertiary/aromatic N) is 1. The predicted molar refractivity (Wildman–Crippen MR) is 207 cm³/mol. The van der Waals surface area contributed by atoms with E-state index in [-0.39, 0.29) is 11.6 Å². The number of oxazole rings is 1. The van der Waals surface area contributed by atoms with Crippen molar-refractivity contribution in [1.82, 2.24) is 10.3 Å². The van der Waals surface area contributed by atoms with Gasteiger partial charge in [-0.1, -0.05) is 91.0 Å². The van der Waals surface area contributed by atoms with Gasteiger partial charge in [0.15, 0.2) is 5.58 Å². The number of fused-ring (bicyclic) bond motifs is 1. The average molecular weight is 701 g/mol. The first-order chi connectivity index (χ1) is 25.5. The van der Waals surface area contributed by atoms with Gasteiger partial charge >= 0.3 is 0 Å². The Kier molecular flexibility index (Phi) is 10.3. The maximum absolute atomic E-state index is 13.8. The van der Waals surface area contributed by atoms with Crippen molar-refractivity contribution in [3.63, 3.8) is 0 Å². The van der Waals surface area contributed by atoms with E-state index in [2.05, 4.69) is 20.9 Å². The topological polar surface area (TPSA) is 113 Å². The van der Waals surface area contributed by atoms with Crippen molar-refractivity contribution in [3.05, 3.63) is 186 Å². The number of carbonyl (C=O) groups excluding carboxylic acids is 3. The van der Waals surface area contributed by atoms with E-state index in [1.807, 2.05) is 127 Å². The molecule has 0 aliphatic heterocycles. The molecule has 0 saturated carbocycles. The van der Waals surface area contributed by atoms with Crippen LogP contribution in [0.4, 0.5) is 11.4 Å². The molecule has 0 bridgehead atoms. The zero-order chi connectivity index (χ0) is 35.7. The van der Waals surface area contributed by atoms with Gasteiger partial charge in [0.1, 0.15) is 16.5 Å². The minimum Gasteiger partial charge on any atom is -0.436 e. The van der Waals surface area contributed by atoms with Crippen LogP contribution in [0.3, 0.4) is 0 Å². The Morgan fingerprint density at radius 2 is 1.23 bits per heavy atom. The van der Waals surface area contributed by atoms with Crippen LogP contribution in [-0.2, 0) is 9.59 Å². The monoisotopic (exact) mass is 700 g/mol. The number of aromatic nitrogens is 1. The molecule has 1 unspecified atom stereocenters. The van der Waals surface area contributed by atoms with Gasteiger partial charge in [0.25, 0.3) is 11.8 Å². The number of para-hydroxylation sites is 2. The predicted octanol–water partition coefficient (Wildman–Crippen LogP) is 9.38. The van der Waals surface area contributed by atoms with Crippen molar-refractivity contribution in [2.75, 3.05) is 10.6 Å². The van der Waals surface area contributed by atoms with Crippen LogP contribution in [0.5, 0.6) is 0 Å². The Morgan fingerprint density at radius 3 is 1.92 bits per heavy atom. The fourth-order valence-electron chi connectivity index (χ4n) is 5.41. The highest BCUT2D eigenvalue weighted by Gasteiger charge is 2.23. The van der Waals surface area contributed by atoms with Gasteiger partial charge in [-0.2, -0.15) is 0 Å². The van der Waals surface area contributed by atoms with Crippen molar-refractivity contribution in [2.45, 2.75) is 10.1 Å². The van der Waals surface area contributed by atoms with E-state index in [0.29, 0.717) is 28.4 Å². The zero-order valence-corrected chi connectivity index (χ0v) is 28.5. The number of hydrogen-bond donors (Lipinski definition) is 3. The molecule has 1 aromatic heterocycles. The fourth-order valence-corrected chi connectivity index (χ4v) is 6.43. The summed E-state index contributed by atoms with van der Waals surface area (Å²) < 4.78 is 5.89. The van der Waals surface area contributed by atoms with E-state index < -0.39 is 17.1 Å². The highest BCUT2D eigenvalue weighted by Crippen LogP contribution is 2.37. The molecule has 254 valence electrons. The quantitative estimate of drug-likeness (QED) is 0.0916. The third-order valence-corrected chi connectivity index (χ3v) is 9.31. The molecule has 9 heteroatoms. The lowest BCUT2D eigenvalue weighted by Crippen LogP contribution is -2.30. The summed E-state index contributed by atoms with van der Waals surface area (Å²) in [5.74, 6) is -0.545. The number of thioether (sulfide) groups is 1. The van der Waals surface area contributed by atoms with Crippen molar-refractivity contribution in [1.29, 1.82) is 0 Å². The van der Waals surface area contributed by atoms with Gasteiger partial charge in [0, 0.05) is 27.4 Å². The van der Waals surface area contributed by atoms with Crippen LogP contribution in [0.1, 0.15) is 26.7 Å². The molecule has 0 saturated heterocycles. The number of anilines is 2. The second-order valence-electron chi connectivity index (χ2n) is 11.7. The van der Waals surface area contributed by atoms with Gasteiger partial charge in [-0.05, 0) is 90.0 Å². The largest absolute Gasteiger partial charge is 0.436 e. The van der Waals surface area contributed by atoms with Crippen LogP contribution in [0.2, 0.25) is 0 Å². The summed E-state index contributed by atoms with van der Waals surface area (Å²) in [5, 5.41) is 8.14. The molecule has 0 spiro atoms. The summed E-state index contributed by atoms with van der Waals surface area (Å²) in [7, 11) is 0. The van der Waals surface area contributed by atoms with Gasteiger partial charge < -0.3 is 20.4 Å². The summed E-state index contributed by atoms with van der Waals surface area (Å²) in [4.78, 5) is 45.6. The smallest absolute Gasteiger partial charge is 0.272 e. The van der Waals surface area contributed by atoms with Crippen LogP contribution in [-0.4, -0.2) is 22.7 Å². The van der Waals surface area contributed by atoms with E-state index in [4.69, 9.17) is 4.42 Å². The maximum atomic E-state index is 13.8. The lowest BCUT2D eigenvalue weighted by molar-refractivity contribution is -0.116. The molecular formula is C43H32N4O4S. The van der Waals surface area contributed by atoms with Gasteiger partial charge in [-0.25, -0.2) is 4.98 Å². The molecule has 8 nitrogen and oxygen atoms in total. The lowest BCUT2D eigenvalue weighted by atomic mass is 10.1. The summed E-state index contributed by atoms with van der Waals surface area (Å²) in [6.07, 6.45) is 1.63. The van der Waals surface area contributed by atoms with Crippen molar-refractivity contribution in [2.24, 2.45) is 0 Å². The Labute approximate surface area is 304 Å². The number of nitrogens with one attached hydrogen (secondary N) is 3. The van der Waals surface area contributed by atoms with E-state index in [1.165, 1.54) is 11.8 Å². The van der Waals surface area contributed by atoms with Crippen LogP contribution in [0, 0.1) is 0 Å². The first-order valence-electron chi connectivity index (χ1n) is 16.5. The molecule has 0 radical (unpaired) electrons. The first-order valence-corrected chi connectivity index (χ1v) is 17.4. The molecule has 1 atom stereocenters. The summed E-state index contributed by atoms with van der Waals surface area (Å²) in [6, 6.07) is 49.8. The van der Waals surface area contributed by atoms with Crippen LogP contribution in [0.25, 0.3) is 28.6 Å². The second-order valence-corrected chi connectivity index (χ2v) is 12.9. The number of benzene rings is 6. The van der Waals surface area contributed by atoms with Crippen LogP contribution in [0.15, 0.2) is 179 Å². The van der Waals surface area contributed by atoms with E-state index >= 15 is 0 Å². The van der Waals surface area contributed by atoms with Gasteiger partial charge in [-0.15, -0.1) is 11.8 Å². The van der Waals surface area contributed by atoms with E-state index in [0.717, 1.165) is 27.1 Å². The summed E-state index contributed by atoms with van der Waals surface area (Å²) >= 11 is 1.40. The first kappa shape index (κ1) is 33.8. The lowest BCUT2D eigenvalue weighted by Gasteiger charge is -2.18. The van der Waals surface area contributed by atoms with Gasteiger partial charge in [0.05, 0.1) is 0 Å². The number of rotatable bonds is 11. The number of carbonyl (C=O) groups is 3. The fraction of sp³-hybridized carbons (Fsp3) is 0.0233. The standard InChI is InChI=1S/C43H32N4O4S/c48-40(31-16-8-3-9-17-31)46-37(28-29-12-4-1-5-13-29)41(49)44-34-24-26-35(27-25-34)52-39(30-14-6-2-7-15-30)42(50)45-33-22-20-32(21-23-33)43-47-36-18-10-11-19-38(36)51-43/h1-28,39H,(H,44,49)(H,45,50)(H,46,48)/b37-28-. The Hall–Kier alpha value is -6.71. The molecule has 3 N–H and O–H groups in total. The zero-order valence-electron chi connectivity index (χ0n) is 27.7. The molecule has 7 rings (SSSR count). The number of amides is 3. The van der Waals surface area contributed by atoms with Crippen LogP contribution >= 0.6 is 11.8 Å². The Balaban J connectivity index is 1.04. The molecule has 1 heterocycles. The van der Waals surface area contributed by atoms with Gasteiger partial charge in [0.2, 0.25) is 11.8 Å². The normalized spacial score (nSPS) is 11.8. The molecule has 0 fully saturated rings. The van der Waals surface area contributed by atoms with Crippen molar-refractivity contribution < 1.29 is 18.8 Å². The highest BCUT2D eigenvalue weighted by molar-refractivity contribution is 8.00. The van der Waals surface area contributed by atoms with Crippen molar-refractivity contribution >= 4 is 58.0 Å². The summed E-state index contributed by atoms with van der Waals surface area (Å²) in [5.41, 5.74) is 5.61.